The Hall–Kier alpha value is 0.222. The topological polar surface area (TPSA) is 27.7 Å². The molecule has 1 rings (SSSR count). The zero-order valence-electron chi connectivity index (χ0n) is 17.6. The Labute approximate surface area is 161 Å². The van der Waals surface area contributed by atoms with Gasteiger partial charge < -0.3 is 0 Å². The molecule has 25 heavy (non-hydrogen) atoms. The van der Waals surface area contributed by atoms with Crippen LogP contribution < -0.4 is 0 Å². The van der Waals surface area contributed by atoms with E-state index in [9.17, 15) is 0 Å². The molecule has 0 amide bonds. The van der Waals surface area contributed by atoms with Gasteiger partial charge in [0.15, 0.2) is 0 Å². The first kappa shape index (κ1) is 23.3. The Morgan fingerprint density at radius 3 is 2.04 bits per heavy atom. The SMILES string of the molecule is C=CC[Si](C)(C)C1=[C]([Pt]([CH3])([CH3])[CH3])CC=C1C(CC)[Si](OC)(OC)OC. The Bertz CT molecular complexity index is 535. The van der Waals surface area contributed by atoms with E-state index in [4.69, 9.17) is 13.3 Å². The molecular formula is C19H38O3PtSi2. The van der Waals surface area contributed by atoms with Crippen molar-refractivity contribution in [2.75, 3.05) is 21.3 Å². The van der Waals surface area contributed by atoms with E-state index in [0.717, 1.165) is 18.9 Å². The van der Waals surface area contributed by atoms with Crippen LogP contribution in [0.1, 0.15) is 19.8 Å². The van der Waals surface area contributed by atoms with Crippen LogP contribution in [0.5, 0.6) is 0 Å². The Morgan fingerprint density at radius 2 is 1.68 bits per heavy atom. The van der Waals surface area contributed by atoms with E-state index >= 15 is 0 Å². The van der Waals surface area contributed by atoms with Gasteiger partial charge >= 0.3 is 161 Å². The summed E-state index contributed by atoms with van der Waals surface area (Å²) < 4.78 is 19.4. The van der Waals surface area contributed by atoms with Crippen LogP contribution in [0.15, 0.2) is 33.5 Å². The van der Waals surface area contributed by atoms with Crippen LogP contribution in [0.4, 0.5) is 0 Å². The van der Waals surface area contributed by atoms with Crippen LogP contribution in [0.3, 0.4) is 0 Å². The van der Waals surface area contributed by atoms with Gasteiger partial charge in [-0.2, -0.15) is 0 Å². The van der Waals surface area contributed by atoms with Gasteiger partial charge in [-0.1, -0.05) is 0 Å². The third kappa shape index (κ3) is 4.74. The summed E-state index contributed by atoms with van der Waals surface area (Å²) in [6, 6.07) is 1.11. The van der Waals surface area contributed by atoms with Crippen molar-refractivity contribution in [3.8, 4) is 0 Å². The van der Waals surface area contributed by atoms with E-state index in [1.807, 2.05) is 0 Å². The molecule has 0 heterocycles. The summed E-state index contributed by atoms with van der Waals surface area (Å²) in [6.45, 7) is 11.2. The fourth-order valence-electron chi connectivity index (χ4n) is 3.83. The average Bonchev–Trinajstić information content (AvgIpc) is 2.98. The van der Waals surface area contributed by atoms with Crippen LogP contribution in [0.2, 0.25) is 40.6 Å². The van der Waals surface area contributed by atoms with Crippen molar-refractivity contribution >= 4 is 16.9 Å². The van der Waals surface area contributed by atoms with Gasteiger partial charge in [0.1, 0.15) is 0 Å². The molecule has 150 valence electrons. The number of allylic oxidation sites excluding steroid dienone is 5. The monoisotopic (exact) mass is 565 g/mol. The zero-order chi connectivity index (χ0) is 19.5. The van der Waals surface area contributed by atoms with E-state index < -0.39 is 32.9 Å². The molecule has 0 aromatic carbocycles. The summed E-state index contributed by atoms with van der Waals surface area (Å²) in [5.74, 6) is 0. The minimum atomic E-state index is -2.73. The summed E-state index contributed by atoms with van der Waals surface area (Å²) in [5, 5.41) is 9.19. The van der Waals surface area contributed by atoms with Crippen molar-refractivity contribution in [2.24, 2.45) is 0 Å². The van der Waals surface area contributed by atoms with Crippen LogP contribution >= 0.6 is 0 Å². The second-order valence-corrected chi connectivity index (χ2v) is 27.0. The number of hydrogen-bond acceptors (Lipinski definition) is 3. The first-order chi connectivity index (χ1) is 11.5. The van der Waals surface area contributed by atoms with Crippen molar-refractivity contribution in [3.63, 3.8) is 0 Å². The van der Waals surface area contributed by atoms with Gasteiger partial charge in [-0.3, -0.25) is 0 Å². The predicted octanol–water partition coefficient (Wildman–Crippen LogP) is 5.96. The molecule has 1 atom stereocenters. The molecule has 0 fully saturated rings. The van der Waals surface area contributed by atoms with E-state index in [1.165, 1.54) is 5.57 Å². The predicted molar refractivity (Wildman–Crippen MR) is 111 cm³/mol. The van der Waals surface area contributed by atoms with E-state index in [2.05, 4.69) is 54.7 Å². The number of rotatable bonds is 10. The van der Waals surface area contributed by atoms with Crippen LogP contribution in [-0.4, -0.2) is 38.2 Å². The summed E-state index contributed by atoms with van der Waals surface area (Å²) >= 11 is -1.86. The van der Waals surface area contributed by atoms with Crippen molar-refractivity contribution in [3.05, 3.63) is 33.5 Å². The molecule has 6 heteroatoms. The van der Waals surface area contributed by atoms with Crippen LogP contribution in [0.25, 0.3) is 0 Å². The van der Waals surface area contributed by atoms with Gasteiger partial charge in [-0.05, 0) is 0 Å². The van der Waals surface area contributed by atoms with Crippen LogP contribution in [-0.2, 0) is 29.3 Å². The Balaban J connectivity index is 3.56. The molecule has 0 aliphatic heterocycles. The maximum atomic E-state index is 5.88. The minimum absolute atomic E-state index is 0.208. The van der Waals surface area contributed by atoms with Crippen molar-refractivity contribution in [1.29, 1.82) is 0 Å². The molecule has 0 radical (unpaired) electrons. The second kappa shape index (κ2) is 8.94. The second-order valence-electron chi connectivity index (χ2n) is 7.58. The average molecular weight is 566 g/mol. The molecule has 0 aromatic heterocycles. The first-order valence-electron chi connectivity index (χ1n) is 8.61. The molecule has 1 aliphatic carbocycles. The molecule has 0 aromatic rings. The quantitative estimate of drug-likeness (QED) is 0.242. The fourth-order valence-corrected chi connectivity index (χ4v) is 17.2. The fraction of sp³-hybridized carbons (Fsp3) is 0.684. The first-order valence-corrected chi connectivity index (χ1v) is 21.6. The van der Waals surface area contributed by atoms with E-state index in [-0.39, 0.29) is 5.54 Å². The summed E-state index contributed by atoms with van der Waals surface area (Å²) in [7, 11) is 0.855. The molecule has 1 aliphatic rings. The molecule has 0 N–H and O–H groups in total. The summed E-state index contributed by atoms with van der Waals surface area (Å²) in [5.41, 5.74) is 1.67. The third-order valence-electron chi connectivity index (χ3n) is 5.00. The van der Waals surface area contributed by atoms with Crippen molar-refractivity contribution < 1.29 is 29.3 Å². The third-order valence-corrected chi connectivity index (χ3v) is 17.2. The van der Waals surface area contributed by atoms with Gasteiger partial charge in [0.2, 0.25) is 0 Å². The summed E-state index contributed by atoms with van der Waals surface area (Å²) in [6.07, 6.45) is 6.65. The van der Waals surface area contributed by atoms with Gasteiger partial charge in [0.05, 0.1) is 0 Å². The molecule has 1 unspecified atom stereocenters. The molecule has 0 spiro atoms. The van der Waals surface area contributed by atoms with Crippen molar-refractivity contribution in [1.82, 2.24) is 0 Å². The molecule has 0 saturated heterocycles. The Kier molecular flexibility index (Phi) is 8.32. The Morgan fingerprint density at radius 1 is 1.16 bits per heavy atom. The normalized spacial score (nSPS) is 18.4. The van der Waals surface area contributed by atoms with E-state index in [1.54, 1.807) is 30.5 Å². The van der Waals surface area contributed by atoms with Gasteiger partial charge in [-0.25, -0.2) is 0 Å². The maximum absolute atomic E-state index is 5.88. The van der Waals surface area contributed by atoms with Gasteiger partial charge in [0.25, 0.3) is 0 Å². The van der Waals surface area contributed by atoms with Crippen LogP contribution in [0, 0.1) is 0 Å². The molecule has 0 bridgehead atoms. The molecular weight excluding hydrogens is 527 g/mol. The summed E-state index contributed by atoms with van der Waals surface area (Å²) in [4.78, 5) is 0. The zero-order valence-corrected chi connectivity index (χ0v) is 21.9. The van der Waals surface area contributed by atoms with Gasteiger partial charge in [0, 0.05) is 0 Å². The van der Waals surface area contributed by atoms with Gasteiger partial charge in [-0.15, -0.1) is 0 Å². The molecule has 0 saturated carbocycles. The molecule has 3 nitrogen and oxygen atoms in total. The number of hydrogen-bond donors (Lipinski definition) is 0. The van der Waals surface area contributed by atoms with Crippen molar-refractivity contribution in [2.45, 2.75) is 60.4 Å². The standard InChI is InChI=1S/C16H29O3Si2.3CH3.Pt/c1-8-13-20(6,7)16-12-10-11-14(16)15(9-2)21(17-3,18-4)19-5;;;;/h8,11,15H,1,9-10,13H2,2-7H3;3*1H3;. The van der Waals surface area contributed by atoms with E-state index in [0.29, 0.717) is 0 Å².